The highest BCUT2D eigenvalue weighted by Gasteiger charge is 2.15. The third-order valence-electron chi connectivity index (χ3n) is 2.36. The monoisotopic (exact) mass is 302 g/mol. The van der Waals surface area contributed by atoms with Crippen molar-refractivity contribution < 1.29 is 13.9 Å². The molecule has 0 aliphatic rings. The van der Waals surface area contributed by atoms with Crippen molar-refractivity contribution >= 4 is 29.2 Å². The molecule has 0 fully saturated rings. The van der Waals surface area contributed by atoms with Gasteiger partial charge in [0.05, 0.1) is 22.3 Å². The van der Waals surface area contributed by atoms with Crippen molar-refractivity contribution in [1.29, 1.82) is 0 Å². The number of halogens is 3. The average Bonchev–Trinajstić information content (AvgIpc) is 2.83. The Morgan fingerprint density at radius 1 is 1.37 bits per heavy atom. The van der Waals surface area contributed by atoms with Gasteiger partial charge in [0.25, 0.3) is 0 Å². The molecular weight excluding hydrogens is 294 g/mol. The number of aromatic amines is 1. The van der Waals surface area contributed by atoms with E-state index >= 15 is 0 Å². The summed E-state index contributed by atoms with van der Waals surface area (Å²) < 4.78 is 18.2. The molecule has 0 atom stereocenters. The lowest BCUT2D eigenvalue weighted by Gasteiger charge is -2.02. The van der Waals surface area contributed by atoms with Crippen molar-refractivity contribution in [3.05, 3.63) is 39.8 Å². The van der Waals surface area contributed by atoms with Crippen LogP contribution in [0.3, 0.4) is 0 Å². The number of carbonyl (C=O) groups excluding carboxylic acids is 1. The summed E-state index contributed by atoms with van der Waals surface area (Å²) in [5.74, 6) is -1.14. The van der Waals surface area contributed by atoms with Crippen LogP contribution >= 0.6 is 23.2 Å². The summed E-state index contributed by atoms with van der Waals surface area (Å²) in [6.07, 6.45) is 0. The van der Waals surface area contributed by atoms with E-state index < -0.39 is 11.8 Å². The summed E-state index contributed by atoms with van der Waals surface area (Å²) in [6.45, 7) is 1.95. The van der Waals surface area contributed by atoms with Crippen LogP contribution in [-0.2, 0) is 4.74 Å². The van der Waals surface area contributed by atoms with Gasteiger partial charge in [0.2, 0.25) is 0 Å². The number of aromatic nitrogens is 2. The standard InChI is InChI=1S/C12H9Cl2FN2O2/c1-2-19-12(18)11-5-10(16-17-11)6-3-9(15)8(14)4-7(6)13/h3-5H,2H2,1H3,(H,16,17). The molecule has 0 unspecified atom stereocenters. The fourth-order valence-corrected chi connectivity index (χ4v) is 1.97. The lowest BCUT2D eigenvalue weighted by Crippen LogP contribution is -2.04. The predicted octanol–water partition coefficient (Wildman–Crippen LogP) is 3.70. The zero-order valence-electron chi connectivity index (χ0n) is 9.84. The molecule has 1 aromatic heterocycles. The van der Waals surface area contributed by atoms with Gasteiger partial charge in [-0.1, -0.05) is 23.2 Å². The molecule has 100 valence electrons. The maximum atomic E-state index is 13.4. The second-order valence-corrected chi connectivity index (χ2v) is 4.45. The van der Waals surface area contributed by atoms with E-state index in [0.29, 0.717) is 11.3 Å². The third-order valence-corrected chi connectivity index (χ3v) is 2.96. The highest BCUT2D eigenvalue weighted by molar-refractivity contribution is 6.36. The van der Waals surface area contributed by atoms with Crippen molar-refractivity contribution in [2.75, 3.05) is 6.61 Å². The molecule has 0 saturated heterocycles. The van der Waals surface area contributed by atoms with E-state index in [4.69, 9.17) is 27.9 Å². The maximum absolute atomic E-state index is 13.4. The molecule has 0 bridgehead atoms. The van der Waals surface area contributed by atoms with Gasteiger partial charge >= 0.3 is 5.97 Å². The number of nitrogens with one attached hydrogen (secondary N) is 1. The largest absolute Gasteiger partial charge is 0.461 e. The molecule has 0 saturated carbocycles. The Bertz CT molecular complexity index is 628. The third kappa shape index (κ3) is 2.88. The molecule has 0 spiro atoms. The summed E-state index contributed by atoms with van der Waals surface area (Å²) in [6, 6.07) is 3.88. The van der Waals surface area contributed by atoms with Crippen LogP contribution in [0.2, 0.25) is 10.0 Å². The van der Waals surface area contributed by atoms with E-state index in [9.17, 15) is 9.18 Å². The summed E-state index contributed by atoms with van der Waals surface area (Å²) in [4.78, 5) is 11.5. The van der Waals surface area contributed by atoms with Gasteiger partial charge in [-0.2, -0.15) is 5.10 Å². The summed E-state index contributed by atoms with van der Waals surface area (Å²) in [7, 11) is 0. The summed E-state index contributed by atoms with van der Waals surface area (Å²) >= 11 is 11.6. The minimum Gasteiger partial charge on any atom is -0.461 e. The van der Waals surface area contributed by atoms with Gasteiger partial charge in [-0.05, 0) is 25.1 Å². The Morgan fingerprint density at radius 2 is 2.11 bits per heavy atom. The van der Waals surface area contributed by atoms with Crippen molar-refractivity contribution in [1.82, 2.24) is 10.2 Å². The zero-order valence-corrected chi connectivity index (χ0v) is 11.3. The Balaban J connectivity index is 2.38. The van der Waals surface area contributed by atoms with E-state index in [0.717, 1.165) is 6.07 Å². The van der Waals surface area contributed by atoms with Crippen LogP contribution in [0.5, 0.6) is 0 Å². The minimum atomic E-state index is -0.609. The molecule has 0 radical (unpaired) electrons. The van der Waals surface area contributed by atoms with Crippen molar-refractivity contribution in [2.45, 2.75) is 6.92 Å². The predicted molar refractivity (Wildman–Crippen MR) is 70.0 cm³/mol. The Morgan fingerprint density at radius 3 is 2.79 bits per heavy atom. The lowest BCUT2D eigenvalue weighted by molar-refractivity contribution is 0.0519. The fourth-order valence-electron chi connectivity index (χ4n) is 1.49. The molecule has 19 heavy (non-hydrogen) atoms. The smallest absolute Gasteiger partial charge is 0.356 e. The number of H-pyrrole nitrogens is 1. The van der Waals surface area contributed by atoms with Crippen LogP contribution in [0.15, 0.2) is 18.2 Å². The Kier molecular flexibility index (Phi) is 4.07. The van der Waals surface area contributed by atoms with E-state index in [1.165, 1.54) is 12.1 Å². The first-order valence-corrected chi connectivity index (χ1v) is 6.16. The molecule has 1 heterocycles. The second-order valence-electron chi connectivity index (χ2n) is 3.63. The summed E-state index contributed by atoms with van der Waals surface area (Å²) in [5, 5.41) is 6.58. The number of carbonyl (C=O) groups is 1. The van der Waals surface area contributed by atoms with E-state index in [-0.39, 0.29) is 22.3 Å². The van der Waals surface area contributed by atoms with Crippen molar-refractivity contribution in [2.24, 2.45) is 0 Å². The van der Waals surface area contributed by atoms with Crippen LogP contribution in [0.4, 0.5) is 4.39 Å². The van der Waals surface area contributed by atoms with Crippen LogP contribution in [0.1, 0.15) is 17.4 Å². The first-order valence-electron chi connectivity index (χ1n) is 5.40. The number of hydrogen-bond acceptors (Lipinski definition) is 3. The first kappa shape index (κ1) is 13.8. The van der Waals surface area contributed by atoms with Crippen molar-refractivity contribution in [3.8, 4) is 11.3 Å². The molecule has 2 rings (SSSR count). The Hall–Kier alpha value is -1.59. The zero-order chi connectivity index (χ0) is 14.0. The first-order chi connectivity index (χ1) is 9.02. The average molecular weight is 303 g/mol. The normalized spacial score (nSPS) is 10.5. The molecule has 0 amide bonds. The van der Waals surface area contributed by atoms with Gasteiger partial charge in [0, 0.05) is 5.56 Å². The SMILES string of the molecule is CCOC(=O)c1cc(-c2cc(F)c(Cl)cc2Cl)n[nH]1. The van der Waals surface area contributed by atoms with Crippen LogP contribution < -0.4 is 0 Å². The number of hydrogen-bond donors (Lipinski definition) is 1. The topological polar surface area (TPSA) is 55.0 Å². The van der Waals surface area contributed by atoms with Gasteiger partial charge < -0.3 is 4.74 Å². The quantitative estimate of drug-likeness (QED) is 0.695. The highest BCUT2D eigenvalue weighted by atomic mass is 35.5. The van der Waals surface area contributed by atoms with E-state index in [1.807, 2.05) is 0 Å². The highest BCUT2D eigenvalue weighted by Crippen LogP contribution is 2.31. The fraction of sp³-hybridized carbons (Fsp3) is 0.167. The molecule has 7 heteroatoms. The molecule has 1 aromatic carbocycles. The van der Waals surface area contributed by atoms with Crippen LogP contribution in [0.25, 0.3) is 11.3 Å². The van der Waals surface area contributed by atoms with Gasteiger partial charge in [-0.15, -0.1) is 0 Å². The molecule has 0 aliphatic heterocycles. The number of ether oxygens (including phenoxy) is 1. The van der Waals surface area contributed by atoms with E-state index in [1.54, 1.807) is 6.92 Å². The molecule has 4 nitrogen and oxygen atoms in total. The summed E-state index contributed by atoms with van der Waals surface area (Å²) in [5.41, 5.74) is 0.849. The van der Waals surface area contributed by atoms with E-state index in [2.05, 4.69) is 10.2 Å². The molecular formula is C12H9Cl2FN2O2. The Labute approximate surface area is 118 Å². The van der Waals surface area contributed by atoms with Gasteiger partial charge in [0.1, 0.15) is 11.5 Å². The minimum absolute atomic E-state index is 0.0742. The van der Waals surface area contributed by atoms with Crippen LogP contribution in [-0.4, -0.2) is 22.8 Å². The van der Waals surface area contributed by atoms with Gasteiger partial charge in [0.15, 0.2) is 0 Å². The maximum Gasteiger partial charge on any atom is 0.356 e. The number of esters is 1. The molecule has 1 N–H and O–H groups in total. The molecule has 0 aliphatic carbocycles. The molecule has 2 aromatic rings. The number of benzene rings is 1. The second kappa shape index (κ2) is 5.59. The van der Waals surface area contributed by atoms with Crippen LogP contribution in [0, 0.1) is 5.82 Å². The van der Waals surface area contributed by atoms with Crippen molar-refractivity contribution in [3.63, 3.8) is 0 Å². The van der Waals surface area contributed by atoms with Gasteiger partial charge in [-0.3, -0.25) is 5.10 Å². The number of nitrogens with zero attached hydrogens (tertiary/aromatic N) is 1. The number of rotatable bonds is 3. The lowest BCUT2D eigenvalue weighted by atomic mass is 10.1. The van der Waals surface area contributed by atoms with Gasteiger partial charge in [-0.25, -0.2) is 9.18 Å².